The van der Waals surface area contributed by atoms with Crippen LogP contribution in [-0.2, 0) is 9.53 Å². The van der Waals surface area contributed by atoms with E-state index in [1.165, 1.54) is 57.8 Å². The van der Waals surface area contributed by atoms with Crippen LogP contribution in [0.2, 0.25) is 0 Å². The van der Waals surface area contributed by atoms with Crippen molar-refractivity contribution >= 4 is 5.97 Å². The van der Waals surface area contributed by atoms with Crippen LogP contribution in [-0.4, -0.2) is 12.1 Å². The third-order valence-corrected chi connectivity index (χ3v) is 4.71. The van der Waals surface area contributed by atoms with Crippen LogP contribution < -0.4 is 0 Å². The second-order valence-electron chi connectivity index (χ2n) is 6.74. The number of carbonyl (C=O) groups excluding carboxylic acids is 1. The number of rotatable bonds is 11. The number of carbonyl (C=O) groups is 1. The average Bonchev–Trinajstić information content (AvgIpc) is 2.50. The summed E-state index contributed by atoms with van der Waals surface area (Å²) in [7, 11) is 0. The SMILES string of the molecule is CCCCCCCCC(CCC)C(=O)OC1CCCCC1. The maximum Gasteiger partial charge on any atom is 0.309 e. The van der Waals surface area contributed by atoms with Gasteiger partial charge in [-0.1, -0.05) is 65.2 Å². The molecule has 1 unspecified atom stereocenters. The van der Waals surface area contributed by atoms with E-state index in [-0.39, 0.29) is 18.0 Å². The van der Waals surface area contributed by atoms with Gasteiger partial charge in [-0.25, -0.2) is 0 Å². The highest BCUT2D eigenvalue weighted by Gasteiger charge is 2.23. The third kappa shape index (κ3) is 8.48. The smallest absolute Gasteiger partial charge is 0.309 e. The highest BCUT2D eigenvalue weighted by molar-refractivity contribution is 5.72. The molecule has 21 heavy (non-hydrogen) atoms. The Kier molecular flexibility index (Phi) is 10.6. The van der Waals surface area contributed by atoms with E-state index in [0.29, 0.717) is 0 Å². The molecule has 0 aromatic rings. The number of esters is 1. The predicted molar refractivity (Wildman–Crippen MR) is 89.4 cm³/mol. The van der Waals surface area contributed by atoms with Gasteiger partial charge >= 0.3 is 5.97 Å². The molecule has 1 fully saturated rings. The van der Waals surface area contributed by atoms with Gasteiger partial charge in [0.05, 0.1) is 5.92 Å². The van der Waals surface area contributed by atoms with Gasteiger partial charge in [0.15, 0.2) is 0 Å². The van der Waals surface area contributed by atoms with Crippen LogP contribution in [0.5, 0.6) is 0 Å². The van der Waals surface area contributed by atoms with Crippen molar-refractivity contribution in [1.82, 2.24) is 0 Å². The van der Waals surface area contributed by atoms with Crippen molar-refractivity contribution < 1.29 is 9.53 Å². The Labute approximate surface area is 132 Å². The average molecular weight is 296 g/mol. The lowest BCUT2D eigenvalue weighted by atomic mass is 9.95. The maximum absolute atomic E-state index is 12.3. The van der Waals surface area contributed by atoms with Crippen molar-refractivity contribution in [3.63, 3.8) is 0 Å². The van der Waals surface area contributed by atoms with Crippen LogP contribution in [0, 0.1) is 5.92 Å². The molecular formula is C19H36O2. The summed E-state index contributed by atoms with van der Waals surface area (Å²) in [6.45, 7) is 4.42. The molecule has 0 spiro atoms. The molecule has 0 aliphatic heterocycles. The Morgan fingerprint density at radius 3 is 2.24 bits per heavy atom. The van der Waals surface area contributed by atoms with Gasteiger partial charge in [0.2, 0.25) is 0 Å². The van der Waals surface area contributed by atoms with Crippen molar-refractivity contribution in [2.75, 3.05) is 0 Å². The van der Waals surface area contributed by atoms with Crippen LogP contribution in [0.1, 0.15) is 104 Å². The molecule has 1 aliphatic carbocycles. The van der Waals surface area contributed by atoms with Gasteiger partial charge < -0.3 is 4.74 Å². The zero-order valence-electron chi connectivity index (χ0n) is 14.4. The monoisotopic (exact) mass is 296 g/mol. The summed E-state index contributed by atoms with van der Waals surface area (Å²) >= 11 is 0. The molecule has 1 aliphatic rings. The van der Waals surface area contributed by atoms with Gasteiger partial charge in [-0.3, -0.25) is 4.79 Å². The van der Waals surface area contributed by atoms with Gasteiger partial charge in [-0.15, -0.1) is 0 Å². The third-order valence-electron chi connectivity index (χ3n) is 4.71. The van der Waals surface area contributed by atoms with Crippen molar-refractivity contribution in [2.45, 2.75) is 110 Å². The van der Waals surface area contributed by atoms with Crippen LogP contribution in [0.25, 0.3) is 0 Å². The Hall–Kier alpha value is -0.530. The molecular weight excluding hydrogens is 260 g/mol. The first-order valence-electron chi connectivity index (χ1n) is 9.48. The number of ether oxygens (including phenoxy) is 1. The number of hydrogen-bond donors (Lipinski definition) is 0. The van der Waals surface area contributed by atoms with E-state index in [4.69, 9.17) is 4.74 Å². The molecule has 0 heterocycles. The highest BCUT2D eigenvalue weighted by Crippen LogP contribution is 2.24. The molecule has 0 N–H and O–H groups in total. The molecule has 2 nitrogen and oxygen atoms in total. The lowest BCUT2D eigenvalue weighted by molar-refractivity contribution is -0.156. The van der Waals surface area contributed by atoms with E-state index in [0.717, 1.165) is 32.1 Å². The largest absolute Gasteiger partial charge is 0.462 e. The minimum atomic E-state index is 0.0947. The second kappa shape index (κ2) is 12.1. The minimum absolute atomic E-state index is 0.0947. The van der Waals surface area contributed by atoms with E-state index in [1.807, 2.05) is 0 Å². The van der Waals surface area contributed by atoms with Crippen molar-refractivity contribution in [1.29, 1.82) is 0 Å². The van der Waals surface area contributed by atoms with Crippen molar-refractivity contribution in [3.05, 3.63) is 0 Å². The van der Waals surface area contributed by atoms with Crippen molar-refractivity contribution in [3.8, 4) is 0 Å². The lowest BCUT2D eigenvalue weighted by Gasteiger charge is -2.24. The molecule has 0 aromatic carbocycles. The quantitative estimate of drug-likeness (QED) is 0.344. The first-order chi connectivity index (χ1) is 10.3. The zero-order chi connectivity index (χ0) is 15.3. The highest BCUT2D eigenvalue weighted by atomic mass is 16.5. The van der Waals surface area contributed by atoms with Gasteiger partial charge in [-0.05, 0) is 38.5 Å². The van der Waals surface area contributed by atoms with E-state index in [2.05, 4.69) is 13.8 Å². The molecule has 0 saturated heterocycles. The molecule has 0 bridgehead atoms. The predicted octanol–water partition coefficient (Wildman–Crippen LogP) is 6.03. The first-order valence-corrected chi connectivity index (χ1v) is 9.48. The Morgan fingerprint density at radius 1 is 0.905 bits per heavy atom. The summed E-state index contributed by atoms with van der Waals surface area (Å²) in [5, 5.41) is 0. The molecule has 0 amide bonds. The Morgan fingerprint density at radius 2 is 1.57 bits per heavy atom. The first kappa shape index (κ1) is 18.5. The van der Waals surface area contributed by atoms with E-state index in [1.54, 1.807) is 0 Å². The molecule has 1 saturated carbocycles. The Bertz CT molecular complexity index is 256. The Balaban J connectivity index is 2.21. The molecule has 124 valence electrons. The van der Waals surface area contributed by atoms with Gasteiger partial charge in [0, 0.05) is 0 Å². The summed E-state index contributed by atoms with van der Waals surface area (Å²) in [6.07, 6.45) is 17.1. The molecule has 0 aromatic heterocycles. The van der Waals surface area contributed by atoms with Crippen molar-refractivity contribution in [2.24, 2.45) is 5.92 Å². The van der Waals surface area contributed by atoms with Gasteiger partial charge in [0.25, 0.3) is 0 Å². The second-order valence-corrected chi connectivity index (χ2v) is 6.74. The fourth-order valence-corrected chi connectivity index (χ4v) is 3.34. The van der Waals surface area contributed by atoms with Crippen LogP contribution >= 0.6 is 0 Å². The molecule has 1 rings (SSSR count). The normalized spacial score (nSPS) is 17.6. The lowest BCUT2D eigenvalue weighted by Crippen LogP contribution is -2.26. The summed E-state index contributed by atoms with van der Waals surface area (Å²) in [4.78, 5) is 12.3. The van der Waals surface area contributed by atoms with Gasteiger partial charge in [0.1, 0.15) is 6.10 Å². The maximum atomic E-state index is 12.3. The minimum Gasteiger partial charge on any atom is -0.462 e. The fraction of sp³-hybridized carbons (Fsp3) is 0.947. The van der Waals surface area contributed by atoms with E-state index in [9.17, 15) is 4.79 Å². The summed E-state index contributed by atoms with van der Waals surface area (Å²) in [6, 6.07) is 0. The molecule has 2 heteroatoms. The van der Waals surface area contributed by atoms with E-state index < -0.39 is 0 Å². The summed E-state index contributed by atoms with van der Waals surface area (Å²) < 4.78 is 5.76. The van der Waals surface area contributed by atoms with Crippen LogP contribution in [0.3, 0.4) is 0 Å². The molecule has 0 radical (unpaired) electrons. The van der Waals surface area contributed by atoms with Crippen LogP contribution in [0.4, 0.5) is 0 Å². The topological polar surface area (TPSA) is 26.3 Å². The van der Waals surface area contributed by atoms with Crippen LogP contribution in [0.15, 0.2) is 0 Å². The number of hydrogen-bond acceptors (Lipinski definition) is 2. The number of unbranched alkanes of at least 4 members (excludes halogenated alkanes) is 5. The fourth-order valence-electron chi connectivity index (χ4n) is 3.34. The summed E-state index contributed by atoms with van der Waals surface area (Å²) in [5.41, 5.74) is 0. The van der Waals surface area contributed by atoms with Gasteiger partial charge in [-0.2, -0.15) is 0 Å². The standard InChI is InChI=1S/C19H36O2/c1-3-5-6-7-8-10-14-17(13-4-2)19(20)21-18-15-11-9-12-16-18/h17-18H,3-16H2,1-2H3. The molecule has 1 atom stereocenters. The van der Waals surface area contributed by atoms with E-state index >= 15 is 0 Å². The zero-order valence-corrected chi connectivity index (χ0v) is 14.4. The summed E-state index contributed by atoms with van der Waals surface area (Å²) in [5.74, 6) is 0.250.